The molecule has 0 amide bonds. The Morgan fingerprint density at radius 2 is 2.15 bits per heavy atom. The molecule has 0 unspecified atom stereocenters. The average molecular weight is 280 g/mol. The molecule has 0 rings (SSSR count). The van der Waals surface area contributed by atoms with Crippen molar-refractivity contribution >= 4 is 6.21 Å². The molecule has 1 atom stereocenters. The van der Waals surface area contributed by atoms with Crippen molar-refractivity contribution in [1.82, 2.24) is 0 Å². The first-order valence-corrected chi connectivity index (χ1v) is 6.59. The van der Waals surface area contributed by atoms with Gasteiger partial charge in [0.15, 0.2) is 0 Å². The predicted molar refractivity (Wildman–Crippen MR) is 80.8 cm³/mol. The number of alkyl halides is 2. The lowest BCUT2D eigenvalue weighted by Gasteiger charge is -2.07. The van der Waals surface area contributed by atoms with Gasteiger partial charge in [0.05, 0.1) is 6.04 Å². The molecule has 0 radical (unpaired) electrons. The monoisotopic (exact) mass is 280 g/mol. The van der Waals surface area contributed by atoms with Crippen molar-refractivity contribution in [3.63, 3.8) is 0 Å². The molecular weight excluding hydrogens is 258 g/mol. The summed E-state index contributed by atoms with van der Waals surface area (Å²) in [6.07, 6.45) is 2.28. The van der Waals surface area contributed by atoms with Gasteiger partial charge in [0.2, 0.25) is 6.43 Å². The van der Waals surface area contributed by atoms with E-state index < -0.39 is 6.43 Å². The quantitative estimate of drug-likeness (QED) is 0.327. The Morgan fingerprint density at radius 1 is 1.45 bits per heavy atom. The minimum atomic E-state index is -2.28. The average Bonchev–Trinajstić information content (AvgIpc) is 2.38. The second-order valence-corrected chi connectivity index (χ2v) is 4.29. The van der Waals surface area contributed by atoms with E-state index in [2.05, 4.69) is 29.1 Å². The molecule has 0 aromatic carbocycles. The van der Waals surface area contributed by atoms with Gasteiger partial charge in [0, 0.05) is 25.3 Å². The molecule has 0 aromatic heterocycles. The Kier molecular flexibility index (Phi) is 10.2. The van der Waals surface area contributed by atoms with Crippen molar-refractivity contribution in [1.29, 1.82) is 0 Å². The van der Waals surface area contributed by atoms with Gasteiger partial charge in [0.1, 0.15) is 0 Å². The van der Waals surface area contributed by atoms with Gasteiger partial charge >= 0.3 is 0 Å². The molecule has 0 saturated heterocycles. The first-order chi connectivity index (χ1) is 9.51. The maximum absolute atomic E-state index is 12.2. The minimum absolute atomic E-state index is 0.124. The first kappa shape index (κ1) is 18.3. The Balaban J connectivity index is 4.83. The number of hydrogen-bond acceptors (Lipinski definition) is 2. The molecule has 2 nitrogen and oxygen atoms in total. The normalized spacial score (nSPS) is 13.0. The van der Waals surface area contributed by atoms with E-state index in [1.807, 2.05) is 0 Å². The van der Waals surface area contributed by atoms with E-state index in [9.17, 15) is 8.78 Å². The molecule has 0 fully saturated rings. The fourth-order valence-electron chi connectivity index (χ4n) is 1.50. The Morgan fingerprint density at radius 3 is 2.65 bits per heavy atom. The Bertz CT molecular complexity index is 445. The van der Waals surface area contributed by atoms with Gasteiger partial charge in [-0.2, -0.15) is 0 Å². The van der Waals surface area contributed by atoms with Crippen molar-refractivity contribution in [2.75, 3.05) is 0 Å². The van der Waals surface area contributed by atoms with Crippen LogP contribution in [0.2, 0.25) is 0 Å². The predicted octanol–water partition coefficient (Wildman–Crippen LogP) is 3.85. The van der Waals surface area contributed by atoms with Crippen LogP contribution in [0.5, 0.6) is 0 Å². The lowest BCUT2D eigenvalue weighted by molar-refractivity contribution is 0.135. The van der Waals surface area contributed by atoms with E-state index in [1.54, 1.807) is 26.3 Å². The molecule has 4 heteroatoms. The molecule has 110 valence electrons. The van der Waals surface area contributed by atoms with E-state index in [4.69, 9.17) is 5.73 Å². The van der Waals surface area contributed by atoms with Crippen LogP contribution >= 0.6 is 0 Å². The van der Waals surface area contributed by atoms with Crippen molar-refractivity contribution < 1.29 is 8.78 Å². The fourth-order valence-corrected chi connectivity index (χ4v) is 1.50. The molecular formula is C16H22F2N2. The van der Waals surface area contributed by atoms with Crippen molar-refractivity contribution in [2.24, 2.45) is 10.7 Å². The molecule has 20 heavy (non-hydrogen) atoms. The SMILES string of the molecule is C=C=C(CCCC(F)F)/C(=C\N=CC)CC#C[C@@H](C)N. The maximum Gasteiger partial charge on any atom is 0.238 e. The van der Waals surface area contributed by atoms with Gasteiger partial charge in [-0.1, -0.05) is 18.4 Å². The second-order valence-electron chi connectivity index (χ2n) is 4.29. The van der Waals surface area contributed by atoms with Gasteiger partial charge in [-0.05, 0) is 37.8 Å². The zero-order chi connectivity index (χ0) is 15.4. The van der Waals surface area contributed by atoms with Crippen LogP contribution in [0.25, 0.3) is 0 Å². The third-order valence-electron chi connectivity index (χ3n) is 2.44. The van der Waals surface area contributed by atoms with Crippen LogP contribution in [0.4, 0.5) is 8.78 Å². The number of nitrogens with two attached hydrogens (primary N) is 1. The Hall–Kier alpha value is -1.69. The third kappa shape index (κ3) is 9.27. The maximum atomic E-state index is 12.2. The second kappa shape index (κ2) is 11.2. The summed E-state index contributed by atoms with van der Waals surface area (Å²) < 4.78 is 24.3. The molecule has 0 spiro atoms. The molecule has 0 saturated carbocycles. The van der Waals surface area contributed by atoms with Gasteiger partial charge in [0.25, 0.3) is 0 Å². The van der Waals surface area contributed by atoms with Gasteiger partial charge in [-0.15, -0.1) is 5.73 Å². The topological polar surface area (TPSA) is 38.4 Å². The zero-order valence-corrected chi connectivity index (χ0v) is 12.1. The van der Waals surface area contributed by atoms with E-state index in [1.165, 1.54) is 0 Å². The van der Waals surface area contributed by atoms with Crippen LogP contribution in [0.3, 0.4) is 0 Å². The van der Waals surface area contributed by atoms with E-state index >= 15 is 0 Å². The number of hydrogen-bond donors (Lipinski definition) is 1. The number of halogens is 2. The molecule has 0 aliphatic heterocycles. The summed E-state index contributed by atoms with van der Waals surface area (Å²) in [5.41, 5.74) is 10.00. The zero-order valence-electron chi connectivity index (χ0n) is 12.1. The third-order valence-corrected chi connectivity index (χ3v) is 2.44. The van der Waals surface area contributed by atoms with Gasteiger partial charge in [-0.25, -0.2) is 8.78 Å². The highest BCUT2D eigenvalue weighted by atomic mass is 19.3. The van der Waals surface area contributed by atoms with Crippen LogP contribution < -0.4 is 5.73 Å². The summed E-state index contributed by atoms with van der Waals surface area (Å²) in [5, 5.41) is 0. The number of rotatable bonds is 7. The van der Waals surface area contributed by atoms with E-state index in [-0.39, 0.29) is 12.5 Å². The van der Waals surface area contributed by atoms with Crippen LogP contribution in [-0.2, 0) is 0 Å². The van der Waals surface area contributed by atoms with E-state index in [0.29, 0.717) is 19.3 Å². The lowest BCUT2D eigenvalue weighted by atomic mass is 9.99. The summed E-state index contributed by atoms with van der Waals surface area (Å²) in [7, 11) is 0. The summed E-state index contributed by atoms with van der Waals surface area (Å²) in [6.45, 7) is 7.22. The molecule has 0 aliphatic carbocycles. The molecule has 0 heterocycles. The number of aliphatic imine (C=N–C) groups is 1. The van der Waals surface area contributed by atoms with Crippen LogP contribution in [0.1, 0.15) is 39.5 Å². The first-order valence-electron chi connectivity index (χ1n) is 6.59. The lowest BCUT2D eigenvalue weighted by Crippen LogP contribution is -2.10. The smallest absolute Gasteiger partial charge is 0.238 e. The highest BCUT2D eigenvalue weighted by Gasteiger charge is 2.07. The summed E-state index contributed by atoms with van der Waals surface area (Å²) in [5.74, 6) is 5.81. The molecule has 0 aliphatic rings. The Labute approximate surface area is 120 Å². The largest absolute Gasteiger partial charge is 0.318 e. The molecule has 0 bridgehead atoms. The minimum Gasteiger partial charge on any atom is -0.318 e. The van der Waals surface area contributed by atoms with Crippen molar-refractivity contribution in [3.05, 3.63) is 29.7 Å². The summed E-state index contributed by atoms with van der Waals surface area (Å²) in [6, 6.07) is -0.194. The van der Waals surface area contributed by atoms with Gasteiger partial charge in [-0.3, -0.25) is 4.99 Å². The van der Waals surface area contributed by atoms with Gasteiger partial charge < -0.3 is 5.73 Å². The number of nitrogens with zero attached hydrogens (tertiary/aromatic N) is 1. The van der Waals surface area contributed by atoms with E-state index in [0.717, 1.165) is 11.1 Å². The van der Waals surface area contributed by atoms with Crippen LogP contribution in [0, 0.1) is 11.8 Å². The fraction of sp³-hybridized carbons (Fsp3) is 0.500. The summed E-state index contributed by atoms with van der Waals surface area (Å²) >= 11 is 0. The van der Waals surface area contributed by atoms with Crippen LogP contribution in [-0.4, -0.2) is 18.7 Å². The van der Waals surface area contributed by atoms with Crippen molar-refractivity contribution in [2.45, 2.75) is 52.0 Å². The van der Waals surface area contributed by atoms with Crippen LogP contribution in [0.15, 0.2) is 34.6 Å². The highest BCUT2D eigenvalue weighted by Crippen LogP contribution is 2.20. The molecule has 0 aromatic rings. The molecule has 2 N–H and O–H groups in total. The standard InChI is InChI=1S/C16H22F2N2/c1-4-14(9-7-11-16(17)18)15(12-20-5-2)10-6-8-13(3)19/h5,12-13,16H,1,7,9-11,19H2,2-3H3/b15-12-,20-5?/t13-/m1/s1. The van der Waals surface area contributed by atoms with Crippen molar-refractivity contribution in [3.8, 4) is 11.8 Å². The highest BCUT2D eigenvalue weighted by molar-refractivity contribution is 5.54. The number of allylic oxidation sites excluding steroid dienone is 2. The summed E-state index contributed by atoms with van der Waals surface area (Å²) in [4.78, 5) is 4.06.